The summed E-state index contributed by atoms with van der Waals surface area (Å²) in [4.78, 5) is 26.1. The summed E-state index contributed by atoms with van der Waals surface area (Å²) >= 11 is 0. The number of hydrogen-bond acceptors (Lipinski definition) is 4. The second-order valence-electron chi connectivity index (χ2n) is 8.12. The summed E-state index contributed by atoms with van der Waals surface area (Å²) in [5.74, 6) is -0.0453. The van der Waals surface area contributed by atoms with E-state index in [1.165, 1.54) is 24.8 Å². The Morgan fingerprint density at radius 1 is 1.15 bits per heavy atom. The lowest BCUT2D eigenvalue weighted by Crippen LogP contribution is -2.33. The zero-order chi connectivity index (χ0) is 19.7. The minimum absolute atomic E-state index is 0.0453. The number of nitrogens with one attached hydrogen (secondary N) is 2. The Morgan fingerprint density at radius 3 is 2.59 bits per heavy atom. The van der Waals surface area contributed by atoms with Gasteiger partial charge in [-0.25, -0.2) is 4.79 Å². The van der Waals surface area contributed by atoms with Gasteiger partial charge in [-0.3, -0.25) is 9.69 Å². The molecule has 0 radical (unpaired) electrons. The highest BCUT2D eigenvalue weighted by atomic mass is 16.6. The van der Waals surface area contributed by atoms with Crippen LogP contribution in [0.4, 0.5) is 10.5 Å². The van der Waals surface area contributed by atoms with E-state index in [4.69, 9.17) is 4.74 Å². The van der Waals surface area contributed by atoms with Crippen molar-refractivity contribution in [3.05, 3.63) is 29.8 Å². The second-order valence-corrected chi connectivity index (χ2v) is 8.12. The van der Waals surface area contributed by atoms with Crippen LogP contribution in [0.3, 0.4) is 0 Å². The van der Waals surface area contributed by atoms with E-state index in [1.807, 2.05) is 39.0 Å². The van der Waals surface area contributed by atoms with Crippen molar-refractivity contribution in [1.82, 2.24) is 10.2 Å². The first-order valence-electron chi connectivity index (χ1n) is 9.90. The molecule has 1 aliphatic rings. The molecule has 27 heavy (non-hydrogen) atoms. The predicted molar refractivity (Wildman–Crippen MR) is 108 cm³/mol. The third kappa shape index (κ3) is 8.91. The van der Waals surface area contributed by atoms with Gasteiger partial charge in [0, 0.05) is 25.2 Å². The van der Waals surface area contributed by atoms with Crippen molar-refractivity contribution in [2.24, 2.45) is 0 Å². The van der Waals surface area contributed by atoms with Gasteiger partial charge in [0.15, 0.2) is 0 Å². The average Bonchev–Trinajstić information content (AvgIpc) is 2.58. The van der Waals surface area contributed by atoms with Crippen LogP contribution >= 0.6 is 0 Å². The lowest BCUT2D eigenvalue weighted by atomic mass is 10.1. The number of amides is 2. The Bertz CT molecular complexity index is 619. The van der Waals surface area contributed by atoms with Gasteiger partial charge in [-0.15, -0.1) is 0 Å². The van der Waals surface area contributed by atoms with Gasteiger partial charge in [-0.2, -0.15) is 0 Å². The van der Waals surface area contributed by atoms with E-state index in [0.29, 0.717) is 19.4 Å². The molecule has 0 saturated carbocycles. The highest BCUT2D eigenvalue weighted by molar-refractivity contribution is 5.90. The van der Waals surface area contributed by atoms with Gasteiger partial charge in [0.2, 0.25) is 5.91 Å². The third-order valence-corrected chi connectivity index (χ3v) is 4.31. The summed E-state index contributed by atoms with van der Waals surface area (Å²) in [6.45, 7) is 9.11. The number of ether oxygens (including phenoxy) is 1. The summed E-state index contributed by atoms with van der Waals surface area (Å²) in [6.07, 6.45) is 4.34. The van der Waals surface area contributed by atoms with Crippen molar-refractivity contribution in [2.45, 2.75) is 65.0 Å². The SMILES string of the molecule is CC(C)(C)OC(=O)NCCCC(=O)Nc1cccc(CN2CCCCC2)c1. The molecular weight excluding hydrogens is 342 g/mol. The molecule has 2 amide bonds. The Labute approximate surface area is 162 Å². The molecule has 0 bridgehead atoms. The molecule has 0 spiro atoms. The minimum atomic E-state index is -0.513. The van der Waals surface area contributed by atoms with Crippen molar-refractivity contribution in [3.63, 3.8) is 0 Å². The Balaban J connectivity index is 1.69. The lowest BCUT2D eigenvalue weighted by Gasteiger charge is -2.26. The van der Waals surface area contributed by atoms with Crippen LogP contribution < -0.4 is 10.6 Å². The first-order chi connectivity index (χ1) is 12.8. The fraction of sp³-hybridized carbons (Fsp3) is 0.619. The summed E-state index contributed by atoms with van der Waals surface area (Å²) < 4.78 is 5.16. The molecule has 1 fully saturated rings. The monoisotopic (exact) mass is 375 g/mol. The van der Waals surface area contributed by atoms with E-state index >= 15 is 0 Å². The molecular formula is C21H33N3O3. The molecule has 0 atom stereocenters. The summed E-state index contributed by atoms with van der Waals surface area (Å²) in [5.41, 5.74) is 1.54. The number of hydrogen-bond donors (Lipinski definition) is 2. The Morgan fingerprint density at radius 2 is 1.89 bits per heavy atom. The van der Waals surface area contributed by atoms with Crippen molar-refractivity contribution in [1.29, 1.82) is 0 Å². The molecule has 1 saturated heterocycles. The summed E-state index contributed by atoms with van der Waals surface area (Å²) in [7, 11) is 0. The van der Waals surface area contributed by atoms with Gasteiger partial charge in [-0.05, 0) is 70.8 Å². The van der Waals surface area contributed by atoms with Crippen molar-refractivity contribution in [2.75, 3.05) is 25.0 Å². The number of nitrogens with zero attached hydrogens (tertiary/aromatic N) is 1. The summed E-state index contributed by atoms with van der Waals surface area (Å²) in [5, 5.41) is 5.61. The molecule has 0 aliphatic carbocycles. The zero-order valence-corrected chi connectivity index (χ0v) is 16.8. The highest BCUT2D eigenvalue weighted by Crippen LogP contribution is 2.16. The second kappa shape index (κ2) is 10.3. The third-order valence-electron chi connectivity index (χ3n) is 4.31. The lowest BCUT2D eigenvalue weighted by molar-refractivity contribution is -0.116. The van der Waals surface area contributed by atoms with Gasteiger partial charge in [0.25, 0.3) is 0 Å². The van der Waals surface area contributed by atoms with Crippen LogP contribution in [0.1, 0.15) is 58.4 Å². The van der Waals surface area contributed by atoms with Crippen LogP contribution in [0.5, 0.6) is 0 Å². The smallest absolute Gasteiger partial charge is 0.407 e. The standard InChI is InChI=1S/C21H33N3O3/c1-21(2,3)27-20(26)22-12-8-11-19(25)23-18-10-7-9-17(15-18)16-24-13-5-4-6-14-24/h7,9-10,15H,4-6,8,11-14,16H2,1-3H3,(H,22,26)(H,23,25). The van der Waals surface area contributed by atoms with E-state index < -0.39 is 11.7 Å². The van der Waals surface area contributed by atoms with E-state index in [2.05, 4.69) is 21.6 Å². The maximum atomic E-state index is 12.1. The number of anilines is 1. The van der Waals surface area contributed by atoms with E-state index in [-0.39, 0.29) is 5.91 Å². The minimum Gasteiger partial charge on any atom is -0.444 e. The quantitative estimate of drug-likeness (QED) is 0.709. The van der Waals surface area contributed by atoms with Crippen LogP contribution in [0.2, 0.25) is 0 Å². The van der Waals surface area contributed by atoms with Crippen LogP contribution in [-0.4, -0.2) is 42.1 Å². The predicted octanol–water partition coefficient (Wildman–Crippen LogP) is 3.92. The van der Waals surface area contributed by atoms with Crippen molar-refractivity contribution >= 4 is 17.7 Å². The van der Waals surface area contributed by atoms with E-state index in [1.54, 1.807) is 0 Å². The fourth-order valence-corrected chi connectivity index (χ4v) is 3.10. The molecule has 6 nitrogen and oxygen atoms in total. The van der Waals surface area contributed by atoms with E-state index in [9.17, 15) is 9.59 Å². The number of likely N-dealkylation sites (tertiary alicyclic amines) is 1. The molecule has 1 aliphatic heterocycles. The van der Waals surface area contributed by atoms with Crippen LogP contribution in [0.15, 0.2) is 24.3 Å². The Hall–Kier alpha value is -2.08. The number of rotatable bonds is 7. The zero-order valence-electron chi connectivity index (χ0n) is 16.8. The number of alkyl carbamates (subject to hydrolysis) is 1. The van der Waals surface area contributed by atoms with Gasteiger partial charge in [0.05, 0.1) is 0 Å². The molecule has 1 heterocycles. The number of benzene rings is 1. The van der Waals surface area contributed by atoms with Gasteiger partial charge in [0.1, 0.15) is 5.60 Å². The van der Waals surface area contributed by atoms with Crippen LogP contribution in [0.25, 0.3) is 0 Å². The molecule has 1 aromatic carbocycles. The number of carbonyl (C=O) groups is 2. The normalized spacial score (nSPS) is 15.2. The highest BCUT2D eigenvalue weighted by Gasteiger charge is 2.15. The van der Waals surface area contributed by atoms with Crippen molar-refractivity contribution < 1.29 is 14.3 Å². The fourth-order valence-electron chi connectivity index (χ4n) is 3.10. The largest absolute Gasteiger partial charge is 0.444 e. The average molecular weight is 376 g/mol. The maximum absolute atomic E-state index is 12.1. The molecule has 150 valence electrons. The van der Waals surface area contributed by atoms with Crippen molar-refractivity contribution in [3.8, 4) is 0 Å². The molecule has 1 aromatic rings. The topological polar surface area (TPSA) is 70.7 Å². The number of piperidine rings is 1. The van der Waals surface area contributed by atoms with Crippen LogP contribution in [-0.2, 0) is 16.1 Å². The molecule has 2 N–H and O–H groups in total. The van der Waals surface area contributed by atoms with Gasteiger partial charge >= 0.3 is 6.09 Å². The molecule has 2 rings (SSSR count). The van der Waals surface area contributed by atoms with E-state index in [0.717, 1.165) is 25.3 Å². The first-order valence-corrected chi connectivity index (χ1v) is 9.90. The van der Waals surface area contributed by atoms with Gasteiger partial charge < -0.3 is 15.4 Å². The number of carbonyl (C=O) groups excluding carboxylic acids is 2. The Kier molecular flexibility index (Phi) is 8.10. The van der Waals surface area contributed by atoms with Crippen LogP contribution in [0, 0.1) is 0 Å². The molecule has 6 heteroatoms. The molecule has 0 unspecified atom stereocenters. The van der Waals surface area contributed by atoms with Gasteiger partial charge in [-0.1, -0.05) is 18.6 Å². The first kappa shape index (κ1) is 21.2. The maximum Gasteiger partial charge on any atom is 0.407 e. The summed E-state index contributed by atoms with van der Waals surface area (Å²) in [6, 6.07) is 8.05. The molecule has 0 aromatic heterocycles.